The fraction of sp³-hybridized carbons (Fsp3) is 0.357. The molecule has 1 saturated heterocycles. The fourth-order valence-electron chi connectivity index (χ4n) is 2.21. The van der Waals surface area contributed by atoms with E-state index >= 15 is 0 Å². The second-order valence-corrected chi connectivity index (χ2v) is 5.49. The standard InChI is InChI=1S/C14H15F2N3OS/c15-13(16)20-11-3-1-10(2-4-11)12-9-21-14(18-12)19-7-5-17-6-8-19/h1-4,9,13,17H,5-8H2. The van der Waals surface area contributed by atoms with Crippen LogP contribution in [0.4, 0.5) is 13.9 Å². The minimum Gasteiger partial charge on any atom is -0.435 e. The maximum Gasteiger partial charge on any atom is 0.387 e. The SMILES string of the molecule is FC(F)Oc1ccc(-c2csc(N3CCNCC3)n2)cc1. The predicted molar refractivity (Wildman–Crippen MR) is 79.3 cm³/mol. The highest BCUT2D eigenvalue weighted by molar-refractivity contribution is 7.14. The first-order chi connectivity index (χ1) is 10.2. The van der Waals surface area contributed by atoms with Gasteiger partial charge in [0.15, 0.2) is 5.13 Å². The van der Waals surface area contributed by atoms with Crippen LogP contribution in [0, 0.1) is 0 Å². The van der Waals surface area contributed by atoms with Crippen LogP contribution in [0.5, 0.6) is 5.75 Å². The predicted octanol–water partition coefficient (Wildman–Crippen LogP) is 2.82. The number of alkyl halides is 2. The maximum atomic E-state index is 12.1. The summed E-state index contributed by atoms with van der Waals surface area (Å²) in [4.78, 5) is 6.87. The van der Waals surface area contributed by atoms with Gasteiger partial charge in [0, 0.05) is 37.1 Å². The third-order valence-electron chi connectivity index (χ3n) is 3.25. The number of aromatic nitrogens is 1. The summed E-state index contributed by atoms with van der Waals surface area (Å²) in [6.45, 7) is 1.04. The van der Waals surface area contributed by atoms with E-state index in [1.54, 1.807) is 23.5 Å². The zero-order valence-corrected chi connectivity index (χ0v) is 12.1. The quantitative estimate of drug-likeness (QED) is 0.942. The van der Waals surface area contributed by atoms with Gasteiger partial charge in [-0.25, -0.2) is 4.98 Å². The largest absolute Gasteiger partial charge is 0.435 e. The Morgan fingerprint density at radius 3 is 2.57 bits per heavy atom. The minimum absolute atomic E-state index is 0.159. The zero-order chi connectivity index (χ0) is 14.7. The highest BCUT2D eigenvalue weighted by Crippen LogP contribution is 2.29. The number of thiazole rings is 1. The molecule has 0 aliphatic carbocycles. The Kier molecular flexibility index (Phi) is 4.31. The molecule has 0 radical (unpaired) electrons. The first kappa shape index (κ1) is 14.2. The molecule has 2 aromatic rings. The van der Waals surface area contributed by atoms with Crippen molar-refractivity contribution in [2.24, 2.45) is 0 Å². The van der Waals surface area contributed by atoms with Gasteiger partial charge in [-0.1, -0.05) is 0 Å². The smallest absolute Gasteiger partial charge is 0.387 e. The average Bonchev–Trinajstić information content (AvgIpc) is 2.98. The van der Waals surface area contributed by atoms with Gasteiger partial charge < -0.3 is 15.0 Å². The van der Waals surface area contributed by atoms with Crippen LogP contribution < -0.4 is 15.0 Å². The third kappa shape index (κ3) is 3.48. The summed E-state index contributed by atoms with van der Waals surface area (Å²) in [5.41, 5.74) is 1.76. The van der Waals surface area contributed by atoms with Crippen LogP contribution in [0.2, 0.25) is 0 Å². The van der Waals surface area contributed by atoms with E-state index < -0.39 is 6.61 Å². The molecule has 4 nitrogen and oxygen atoms in total. The second kappa shape index (κ2) is 6.36. The number of rotatable bonds is 4. The molecule has 0 unspecified atom stereocenters. The summed E-state index contributed by atoms with van der Waals surface area (Å²) in [6, 6.07) is 6.55. The number of hydrogen-bond acceptors (Lipinski definition) is 5. The molecule has 0 amide bonds. The molecule has 1 aromatic carbocycles. The van der Waals surface area contributed by atoms with E-state index in [4.69, 9.17) is 0 Å². The molecule has 112 valence electrons. The van der Waals surface area contributed by atoms with Gasteiger partial charge in [-0.15, -0.1) is 11.3 Å². The monoisotopic (exact) mass is 311 g/mol. The van der Waals surface area contributed by atoms with E-state index in [0.29, 0.717) is 0 Å². The van der Waals surface area contributed by atoms with Crippen molar-refractivity contribution in [2.45, 2.75) is 6.61 Å². The summed E-state index contributed by atoms with van der Waals surface area (Å²) in [5.74, 6) is 0.159. The number of nitrogens with zero attached hydrogens (tertiary/aromatic N) is 2. The van der Waals surface area contributed by atoms with Crippen molar-refractivity contribution >= 4 is 16.5 Å². The van der Waals surface area contributed by atoms with E-state index in [-0.39, 0.29) is 5.75 Å². The van der Waals surface area contributed by atoms with Gasteiger partial charge in [-0.05, 0) is 24.3 Å². The molecule has 0 bridgehead atoms. The molecule has 1 aliphatic rings. The molecule has 0 atom stereocenters. The summed E-state index contributed by atoms with van der Waals surface area (Å²) < 4.78 is 28.6. The molecular weight excluding hydrogens is 296 g/mol. The minimum atomic E-state index is -2.80. The summed E-state index contributed by atoms with van der Waals surface area (Å²) in [6.07, 6.45) is 0. The van der Waals surface area contributed by atoms with Crippen LogP contribution in [0.15, 0.2) is 29.6 Å². The van der Waals surface area contributed by atoms with Crippen LogP contribution in [-0.4, -0.2) is 37.8 Å². The van der Waals surface area contributed by atoms with Gasteiger partial charge in [0.2, 0.25) is 0 Å². The van der Waals surface area contributed by atoms with Crippen LogP contribution in [-0.2, 0) is 0 Å². The lowest BCUT2D eigenvalue weighted by atomic mass is 10.2. The third-order valence-corrected chi connectivity index (χ3v) is 4.16. The molecule has 0 saturated carbocycles. The maximum absolute atomic E-state index is 12.1. The number of halogens is 2. The van der Waals surface area contributed by atoms with Crippen molar-refractivity contribution in [3.8, 4) is 17.0 Å². The summed E-state index contributed by atoms with van der Waals surface area (Å²) in [5, 5.41) is 6.29. The molecule has 1 aliphatic heterocycles. The molecule has 1 aromatic heterocycles. The summed E-state index contributed by atoms with van der Waals surface area (Å²) >= 11 is 1.60. The van der Waals surface area contributed by atoms with Crippen molar-refractivity contribution in [3.63, 3.8) is 0 Å². The lowest BCUT2D eigenvalue weighted by Gasteiger charge is -2.26. The molecule has 2 heterocycles. The van der Waals surface area contributed by atoms with Crippen molar-refractivity contribution in [1.82, 2.24) is 10.3 Å². The number of nitrogens with one attached hydrogen (secondary N) is 1. The van der Waals surface area contributed by atoms with Gasteiger partial charge in [-0.3, -0.25) is 0 Å². The average molecular weight is 311 g/mol. The van der Waals surface area contributed by atoms with Crippen molar-refractivity contribution in [3.05, 3.63) is 29.6 Å². The number of ether oxygens (including phenoxy) is 1. The van der Waals surface area contributed by atoms with E-state index in [1.807, 2.05) is 5.38 Å². The zero-order valence-electron chi connectivity index (χ0n) is 11.3. The normalized spacial score (nSPS) is 15.5. The molecule has 0 spiro atoms. The van der Waals surface area contributed by atoms with Crippen molar-refractivity contribution in [2.75, 3.05) is 31.1 Å². The van der Waals surface area contributed by atoms with Crippen LogP contribution in [0.3, 0.4) is 0 Å². The van der Waals surface area contributed by atoms with E-state index in [1.165, 1.54) is 12.1 Å². The van der Waals surface area contributed by atoms with E-state index in [2.05, 4.69) is 19.9 Å². The van der Waals surface area contributed by atoms with Gasteiger partial charge in [0.25, 0.3) is 0 Å². The van der Waals surface area contributed by atoms with Gasteiger partial charge >= 0.3 is 6.61 Å². The lowest BCUT2D eigenvalue weighted by Crippen LogP contribution is -2.43. The first-order valence-electron chi connectivity index (χ1n) is 6.69. The van der Waals surface area contributed by atoms with Crippen molar-refractivity contribution in [1.29, 1.82) is 0 Å². The van der Waals surface area contributed by atoms with Gasteiger partial charge in [-0.2, -0.15) is 8.78 Å². The second-order valence-electron chi connectivity index (χ2n) is 4.66. The molecule has 3 rings (SSSR count). The molecule has 21 heavy (non-hydrogen) atoms. The van der Waals surface area contributed by atoms with Gasteiger partial charge in [0.05, 0.1) is 5.69 Å². The van der Waals surface area contributed by atoms with Crippen LogP contribution in [0.25, 0.3) is 11.3 Å². The Labute approximate surface area is 125 Å². The number of piperazine rings is 1. The van der Waals surface area contributed by atoms with Crippen LogP contribution >= 0.6 is 11.3 Å². The topological polar surface area (TPSA) is 37.4 Å². The highest BCUT2D eigenvalue weighted by Gasteiger charge is 2.14. The number of anilines is 1. The van der Waals surface area contributed by atoms with Crippen molar-refractivity contribution < 1.29 is 13.5 Å². The van der Waals surface area contributed by atoms with Gasteiger partial charge in [0.1, 0.15) is 5.75 Å². The number of benzene rings is 1. The fourth-order valence-corrected chi connectivity index (χ4v) is 3.09. The molecular formula is C14H15F2N3OS. The Bertz CT molecular complexity index is 582. The Hall–Kier alpha value is -1.73. The first-order valence-corrected chi connectivity index (χ1v) is 7.57. The Morgan fingerprint density at radius 2 is 1.90 bits per heavy atom. The summed E-state index contributed by atoms with van der Waals surface area (Å²) in [7, 11) is 0. The Balaban J connectivity index is 1.73. The van der Waals surface area contributed by atoms with E-state index in [9.17, 15) is 8.78 Å². The van der Waals surface area contributed by atoms with Crippen LogP contribution in [0.1, 0.15) is 0 Å². The molecule has 1 N–H and O–H groups in total. The molecule has 7 heteroatoms. The Morgan fingerprint density at radius 1 is 1.19 bits per heavy atom. The number of hydrogen-bond donors (Lipinski definition) is 1. The van der Waals surface area contributed by atoms with E-state index in [0.717, 1.165) is 42.6 Å². The molecule has 1 fully saturated rings. The lowest BCUT2D eigenvalue weighted by molar-refractivity contribution is -0.0498. The highest BCUT2D eigenvalue weighted by atomic mass is 32.1.